The highest BCUT2D eigenvalue weighted by atomic mass is 19.1. The molecule has 3 N–H and O–H groups in total. The van der Waals surface area contributed by atoms with Gasteiger partial charge in [0.1, 0.15) is 34.7 Å². The smallest absolute Gasteiger partial charge is 0.261 e. The third-order valence-electron chi connectivity index (χ3n) is 3.80. The lowest BCUT2D eigenvalue weighted by molar-refractivity contribution is 0.101. The van der Waals surface area contributed by atoms with Crippen LogP contribution in [0.3, 0.4) is 0 Å². The Morgan fingerprint density at radius 1 is 0.964 bits per heavy atom. The van der Waals surface area contributed by atoms with Gasteiger partial charge in [-0.25, -0.2) is 18.7 Å². The lowest BCUT2D eigenvalue weighted by atomic mass is 10.1. The molecule has 1 heterocycles. The van der Waals surface area contributed by atoms with E-state index in [2.05, 4.69) is 25.9 Å². The molecular weight excluding hydrogens is 364 g/mol. The molecule has 0 saturated carbocycles. The maximum Gasteiger partial charge on any atom is 0.261 e. The number of rotatable bonds is 6. The number of anilines is 4. The predicted molar refractivity (Wildman–Crippen MR) is 105 cm³/mol. The third-order valence-corrected chi connectivity index (χ3v) is 3.80. The average Bonchev–Trinajstić information content (AvgIpc) is 2.63. The first-order valence-electron chi connectivity index (χ1n) is 8.68. The van der Waals surface area contributed by atoms with Crippen LogP contribution in [0.25, 0.3) is 0 Å². The fourth-order valence-electron chi connectivity index (χ4n) is 2.60. The summed E-state index contributed by atoms with van der Waals surface area (Å²) >= 11 is 0. The Morgan fingerprint density at radius 2 is 1.57 bits per heavy atom. The molecule has 144 valence electrons. The maximum absolute atomic E-state index is 13.7. The summed E-state index contributed by atoms with van der Waals surface area (Å²) in [6.07, 6.45) is 0. The summed E-state index contributed by atoms with van der Waals surface area (Å²) in [6.45, 7) is 4.52. The topological polar surface area (TPSA) is 78.9 Å². The number of benzene rings is 2. The molecule has 0 saturated heterocycles. The van der Waals surface area contributed by atoms with E-state index < -0.39 is 23.1 Å². The van der Waals surface area contributed by atoms with Crippen LogP contribution in [0, 0.1) is 18.6 Å². The fourth-order valence-corrected chi connectivity index (χ4v) is 2.60. The lowest BCUT2D eigenvalue weighted by Crippen LogP contribution is -2.15. The molecular formula is C20H19F2N5O. The number of aryl methyl sites for hydroxylation is 1. The maximum atomic E-state index is 13.7. The van der Waals surface area contributed by atoms with E-state index in [-0.39, 0.29) is 0 Å². The number of carbonyl (C=O) groups excluding carboxylic acids is 1. The SMILES string of the molecule is CCNc1cc(Nc2ccc(NC(=O)c3c(F)cccc3F)cc2)nc(C)n1. The number of hydrogen-bond donors (Lipinski definition) is 3. The molecule has 0 aliphatic heterocycles. The van der Waals surface area contributed by atoms with Gasteiger partial charge in [0.25, 0.3) is 5.91 Å². The van der Waals surface area contributed by atoms with Gasteiger partial charge in [-0.3, -0.25) is 4.79 Å². The van der Waals surface area contributed by atoms with Crippen molar-refractivity contribution in [1.29, 1.82) is 0 Å². The number of carbonyl (C=O) groups is 1. The molecule has 3 aromatic rings. The van der Waals surface area contributed by atoms with Crippen molar-refractivity contribution < 1.29 is 13.6 Å². The van der Waals surface area contributed by atoms with Gasteiger partial charge in [-0.15, -0.1) is 0 Å². The van der Waals surface area contributed by atoms with E-state index in [0.717, 1.165) is 24.4 Å². The summed E-state index contributed by atoms with van der Waals surface area (Å²) in [5, 5.41) is 8.76. The number of nitrogens with zero attached hydrogens (tertiary/aromatic N) is 2. The van der Waals surface area contributed by atoms with Crippen LogP contribution >= 0.6 is 0 Å². The first-order chi connectivity index (χ1) is 13.5. The number of nitrogens with one attached hydrogen (secondary N) is 3. The van der Waals surface area contributed by atoms with Gasteiger partial charge in [-0.2, -0.15) is 0 Å². The van der Waals surface area contributed by atoms with Crippen LogP contribution in [-0.2, 0) is 0 Å². The van der Waals surface area contributed by atoms with Crippen LogP contribution in [0.5, 0.6) is 0 Å². The van der Waals surface area contributed by atoms with Gasteiger partial charge in [0.05, 0.1) is 0 Å². The van der Waals surface area contributed by atoms with Crippen molar-refractivity contribution in [2.75, 3.05) is 22.5 Å². The Bertz CT molecular complexity index is 972. The number of hydrogen-bond acceptors (Lipinski definition) is 5. The first-order valence-corrected chi connectivity index (χ1v) is 8.68. The molecule has 0 aliphatic carbocycles. The third kappa shape index (κ3) is 4.59. The summed E-state index contributed by atoms with van der Waals surface area (Å²) in [4.78, 5) is 20.7. The van der Waals surface area contributed by atoms with Crippen molar-refractivity contribution in [2.45, 2.75) is 13.8 Å². The van der Waals surface area contributed by atoms with Crippen molar-refractivity contribution in [3.05, 3.63) is 71.6 Å². The number of halogens is 2. The van der Waals surface area contributed by atoms with E-state index in [9.17, 15) is 13.6 Å². The predicted octanol–water partition coefficient (Wildman–Crippen LogP) is 4.49. The van der Waals surface area contributed by atoms with Gasteiger partial charge in [-0.1, -0.05) is 6.07 Å². The Balaban J connectivity index is 1.71. The van der Waals surface area contributed by atoms with E-state index in [1.165, 1.54) is 6.07 Å². The van der Waals surface area contributed by atoms with E-state index in [1.54, 1.807) is 37.3 Å². The molecule has 0 bridgehead atoms. The zero-order valence-electron chi connectivity index (χ0n) is 15.4. The molecule has 6 nitrogen and oxygen atoms in total. The molecule has 3 rings (SSSR count). The minimum Gasteiger partial charge on any atom is -0.370 e. The average molecular weight is 383 g/mol. The molecule has 0 atom stereocenters. The van der Waals surface area contributed by atoms with Gasteiger partial charge in [0.15, 0.2) is 0 Å². The Kier molecular flexibility index (Phi) is 5.78. The summed E-state index contributed by atoms with van der Waals surface area (Å²) in [5.74, 6) is -0.713. The molecule has 0 aliphatic rings. The van der Waals surface area contributed by atoms with Gasteiger partial charge >= 0.3 is 0 Å². The Morgan fingerprint density at radius 3 is 2.21 bits per heavy atom. The largest absolute Gasteiger partial charge is 0.370 e. The van der Waals surface area contributed by atoms with E-state index >= 15 is 0 Å². The monoisotopic (exact) mass is 383 g/mol. The summed E-state index contributed by atoms with van der Waals surface area (Å²) in [6, 6.07) is 11.8. The lowest BCUT2D eigenvalue weighted by Gasteiger charge is -2.11. The highest BCUT2D eigenvalue weighted by Crippen LogP contribution is 2.21. The molecule has 0 spiro atoms. The second-order valence-corrected chi connectivity index (χ2v) is 5.97. The zero-order valence-corrected chi connectivity index (χ0v) is 15.4. The van der Waals surface area contributed by atoms with Crippen LogP contribution in [0.4, 0.5) is 31.8 Å². The van der Waals surface area contributed by atoms with Crippen LogP contribution in [-0.4, -0.2) is 22.4 Å². The molecule has 28 heavy (non-hydrogen) atoms. The second-order valence-electron chi connectivity index (χ2n) is 5.97. The van der Waals surface area contributed by atoms with Gasteiger partial charge < -0.3 is 16.0 Å². The van der Waals surface area contributed by atoms with E-state index in [0.29, 0.717) is 23.1 Å². The number of aromatic nitrogens is 2. The zero-order chi connectivity index (χ0) is 20.1. The molecule has 8 heteroatoms. The minimum absolute atomic E-state index is 0.408. The van der Waals surface area contributed by atoms with E-state index in [4.69, 9.17) is 0 Å². The molecule has 0 unspecified atom stereocenters. The quantitative estimate of drug-likeness (QED) is 0.584. The summed E-state index contributed by atoms with van der Waals surface area (Å²) < 4.78 is 27.4. The summed E-state index contributed by atoms with van der Waals surface area (Å²) in [5.41, 5.74) is 0.526. The van der Waals surface area contributed by atoms with Crippen molar-refractivity contribution >= 4 is 28.9 Å². The molecule has 0 radical (unpaired) electrons. The van der Waals surface area contributed by atoms with E-state index in [1.807, 2.05) is 6.92 Å². The highest BCUT2D eigenvalue weighted by Gasteiger charge is 2.17. The van der Waals surface area contributed by atoms with Crippen LogP contribution < -0.4 is 16.0 Å². The van der Waals surface area contributed by atoms with Crippen molar-refractivity contribution in [2.24, 2.45) is 0 Å². The molecule has 1 amide bonds. The van der Waals surface area contributed by atoms with Gasteiger partial charge in [-0.05, 0) is 50.2 Å². The van der Waals surface area contributed by atoms with Crippen LogP contribution in [0.15, 0.2) is 48.5 Å². The second kappa shape index (κ2) is 8.43. The fraction of sp³-hybridized carbons (Fsp3) is 0.150. The normalized spacial score (nSPS) is 10.4. The first kappa shape index (κ1) is 19.2. The summed E-state index contributed by atoms with van der Waals surface area (Å²) in [7, 11) is 0. The van der Waals surface area contributed by atoms with Crippen molar-refractivity contribution in [3.63, 3.8) is 0 Å². The Hall–Kier alpha value is -3.55. The van der Waals surface area contributed by atoms with Crippen LogP contribution in [0.1, 0.15) is 23.1 Å². The van der Waals surface area contributed by atoms with Gasteiger partial charge in [0, 0.05) is 24.0 Å². The van der Waals surface area contributed by atoms with Gasteiger partial charge in [0.2, 0.25) is 0 Å². The molecule has 1 aromatic heterocycles. The minimum atomic E-state index is -0.911. The highest BCUT2D eigenvalue weighted by molar-refractivity contribution is 6.04. The molecule has 2 aromatic carbocycles. The standard InChI is InChI=1S/C20H19F2N5O/c1-3-23-17-11-18(25-12(2)24-17)26-13-7-9-14(10-8-13)27-20(28)19-15(21)5-4-6-16(19)22/h4-11H,3H2,1-2H3,(H,27,28)(H2,23,24,25,26). The number of amides is 1. The molecule has 0 fully saturated rings. The van der Waals surface area contributed by atoms with Crippen molar-refractivity contribution in [3.8, 4) is 0 Å². The van der Waals surface area contributed by atoms with Crippen LogP contribution in [0.2, 0.25) is 0 Å². The Labute approximate surface area is 161 Å². The van der Waals surface area contributed by atoms with Crippen molar-refractivity contribution in [1.82, 2.24) is 9.97 Å².